The number of fused-ring (bicyclic) bond motifs is 1. The van der Waals surface area contributed by atoms with Gasteiger partial charge in [-0.05, 0) is 53.3 Å². The number of imidazole rings is 1. The SMILES string of the molecule is COc1cccc(OC)c1/C(O)=C1\C(=O)C(=O)N(c2nc3ccc(C)cc3[nH]2)C1c1ccc(C(C)(C)C)cc1. The summed E-state index contributed by atoms with van der Waals surface area (Å²) in [6.45, 7) is 8.29. The number of aryl methyl sites for hydroxylation is 1. The van der Waals surface area contributed by atoms with Crippen LogP contribution in [0.1, 0.15) is 49.1 Å². The molecule has 200 valence electrons. The number of aromatic amines is 1. The highest BCUT2D eigenvalue weighted by molar-refractivity contribution is 6.51. The number of ether oxygens (including phenoxy) is 2. The molecule has 0 radical (unpaired) electrons. The summed E-state index contributed by atoms with van der Waals surface area (Å²) in [5.74, 6) is -1.19. The summed E-state index contributed by atoms with van der Waals surface area (Å²) >= 11 is 0. The number of aliphatic hydroxyl groups excluding tert-OH is 1. The van der Waals surface area contributed by atoms with Gasteiger partial charge in [0.2, 0.25) is 5.95 Å². The molecule has 8 nitrogen and oxygen atoms in total. The standard InChI is InChI=1S/C31H31N3O5/c1-17-10-15-20-21(16-17)33-30(32-20)34-26(18-11-13-19(14-12-18)31(2,3)4)25(28(36)29(34)37)27(35)24-22(38-5)8-7-9-23(24)39-6/h7-16,26,35H,1-6H3,(H,32,33)/b27-25+. The number of rotatable bonds is 5. The third-order valence-electron chi connectivity index (χ3n) is 7.05. The molecule has 3 aromatic carbocycles. The predicted octanol–water partition coefficient (Wildman–Crippen LogP) is 5.81. The zero-order valence-electron chi connectivity index (χ0n) is 22.8. The van der Waals surface area contributed by atoms with E-state index in [-0.39, 0.29) is 28.3 Å². The van der Waals surface area contributed by atoms with Crippen molar-refractivity contribution in [3.63, 3.8) is 0 Å². The Balaban J connectivity index is 1.77. The Morgan fingerprint density at radius 2 is 1.62 bits per heavy atom. The lowest BCUT2D eigenvalue weighted by Crippen LogP contribution is -2.30. The number of methoxy groups -OCH3 is 2. The second kappa shape index (κ2) is 9.62. The molecule has 2 heterocycles. The van der Waals surface area contributed by atoms with Crippen LogP contribution in [0.2, 0.25) is 0 Å². The van der Waals surface area contributed by atoms with Crippen LogP contribution >= 0.6 is 0 Å². The van der Waals surface area contributed by atoms with E-state index in [1.807, 2.05) is 49.4 Å². The molecule has 1 aliphatic rings. The fourth-order valence-electron chi connectivity index (χ4n) is 4.98. The second-order valence-corrected chi connectivity index (χ2v) is 10.7. The highest BCUT2D eigenvalue weighted by atomic mass is 16.5. The van der Waals surface area contributed by atoms with E-state index in [0.717, 1.165) is 16.6 Å². The highest BCUT2D eigenvalue weighted by Crippen LogP contribution is 2.45. The maximum atomic E-state index is 13.6. The predicted molar refractivity (Wildman–Crippen MR) is 150 cm³/mol. The summed E-state index contributed by atoms with van der Waals surface area (Å²) in [5, 5.41) is 11.7. The Bertz CT molecular complexity index is 1600. The van der Waals surface area contributed by atoms with Crippen LogP contribution in [0.4, 0.5) is 5.95 Å². The van der Waals surface area contributed by atoms with Crippen LogP contribution in [-0.4, -0.2) is 41.0 Å². The zero-order valence-corrected chi connectivity index (χ0v) is 22.8. The van der Waals surface area contributed by atoms with Gasteiger partial charge in [-0.15, -0.1) is 0 Å². The first-order valence-electron chi connectivity index (χ1n) is 12.6. The van der Waals surface area contributed by atoms with Crippen LogP contribution in [0, 0.1) is 6.92 Å². The molecular formula is C31H31N3O5. The van der Waals surface area contributed by atoms with Crippen LogP contribution in [0.15, 0.2) is 66.2 Å². The largest absolute Gasteiger partial charge is 0.506 e. The number of aromatic nitrogens is 2. The number of hydrogen-bond donors (Lipinski definition) is 2. The van der Waals surface area contributed by atoms with Gasteiger partial charge in [0, 0.05) is 0 Å². The van der Waals surface area contributed by atoms with Gasteiger partial charge >= 0.3 is 5.91 Å². The minimum atomic E-state index is -0.949. The van der Waals surface area contributed by atoms with Gasteiger partial charge in [-0.1, -0.05) is 57.2 Å². The Kier molecular flexibility index (Phi) is 6.42. The number of hydrogen-bond acceptors (Lipinski definition) is 6. The summed E-state index contributed by atoms with van der Waals surface area (Å²) < 4.78 is 11.0. The maximum absolute atomic E-state index is 13.6. The average molecular weight is 526 g/mol. The van der Waals surface area contributed by atoms with Gasteiger partial charge in [-0.3, -0.25) is 14.5 Å². The lowest BCUT2D eigenvalue weighted by molar-refractivity contribution is -0.132. The van der Waals surface area contributed by atoms with Gasteiger partial charge in [0.05, 0.1) is 36.9 Å². The fraction of sp³-hybridized carbons (Fsp3) is 0.258. The third kappa shape index (κ3) is 4.41. The molecule has 1 saturated heterocycles. The number of benzene rings is 3. The molecular weight excluding hydrogens is 494 g/mol. The van der Waals surface area contributed by atoms with Gasteiger partial charge in [-0.25, -0.2) is 4.98 Å². The molecule has 1 aromatic heterocycles. The number of aliphatic hydroxyl groups is 1. The Morgan fingerprint density at radius 3 is 2.21 bits per heavy atom. The van der Waals surface area contributed by atoms with Gasteiger partial charge in [-0.2, -0.15) is 0 Å². The molecule has 5 rings (SSSR count). The highest BCUT2D eigenvalue weighted by Gasteiger charge is 2.48. The minimum absolute atomic E-state index is 0.0806. The van der Waals surface area contributed by atoms with E-state index in [4.69, 9.17) is 9.47 Å². The van der Waals surface area contributed by atoms with Gasteiger partial charge < -0.3 is 19.6 Å². The van der Waals surface area contributed by atoms with Crippen molar-refractivity contribution in [1.29, 1.82) is 0 Å². The van der Waals surface area contributed by atoms with E-state index in [1.165, 1.54) is 19.1 Å². The maximum Gasteiger partial charge on any atom is 0.302 e. The number of ketones is 1. The number of carbonyl (C=O) groups is 2. The van der Waals surface area contributed by atoms with Crippen molar-refractivity contribution in [2.24, 2.45) is 0 Å². The van der Waals surface area contributed by atoms with E-state index in [9.17, 15) is 14.7 Å². The van der Waals surface area contributed by atoms with Gasteiger partial charge in [0.25, 0.3) is 5.78 Å². The molecule has 2 N–H and O–H groups in total. The lowest BCUT2D eigenvalue weighted by atomic mass is 9.85. The molecule has 1 aliphatic heterocycles. The molecule has 0 saturated carbocycles. The van der Waals surface area contributed by atoms with Gasteiger partial charge in [0.1, 0.15) is 22.8 Å². The first-order valence-corrected chi connectivity index (χ1v) is 12.6. The topological polar surface area (TPSA) is 105 Å². The number of H-pyrrole nitrogens is 1. The fourth-order valence-corrected chi connectivity index (χ4v) is 4.98. The Labute approximate surface area is 226 Å². The normalized spacial score (nSPS) is 17.2. The molecule has 0 bridgehead atoms. The quantitative estimate of drug-likeness (QED) is 0.194. The zero-order chi connectivity index (χ0) is 28.1. The van der Waals surface area contributed by atoms with E-state index in [0.29, 0.717) is 22.6 Å². The third-order valence-corrected chi connectivity index (χ3v) is 7.05. The van der Waals surface area contributed by atoms with Crippen LogP contribution < -0.4 is 14.4 Å². The molecule has 4 aromatic rings. The smallest absolute Gasteiger partial charge is 0.302 e. The molecule has 8 heteroatoms. The number of Topliss-reactive ketones (excluding diaryl/α,β-unsaturated/α-hetero) is 1. The summed E-state index contributed by atoms with van der Waals surface area (Å²) in [4.78, 5) is 36.4. The summed E-state index contributed by atoms with van der Waals surface area (Å²) in [6, 6.07) is 17.5. The number of anilines is 1. The van der Waals surface area contributed by atoms with Crippen molar-refractivity contribution in [3.05, 3.63) is 88.5 Å². The molecule has 1 unspecified atom stereocenters. The molecule has 39 heavy (non-hydrogen) atoms. The van der Waals surface area contributed by atoms with Crippen LogP contribution in [-0.2, 0) is 15.0 Å². The van der Waals surface area contributed by atoms with E-state index < -0.39 is 17.7 Å². The van der Waals surface area contributed by atoms with Crippen molar-refractivity contribution in [3.8, 4) is 11.5 Å². The van der Waals surface area contributed by atoms with Crippen molar-refractivity contribution in [2.75, 3.05) is 19.1 Å². The van der Waals surface area contributed by atoms with Crippen LogP contribution in [0.25, 0.3) is 16.8 Å². The second-order valence-electron chi connectivity index (χ2n) is 10.7. The Hall–Kier alpha value is -4.59. The number of amides is 1. The van der Waals surface area contributed by atoms with Gasteiger partial charge in [0.15, 0.2) is 0 Å². The van der Waals surface area contributed by atoms with Crippen molar-refractivity contribution in [1.82, 2.24) is 9.97 Å². The number of nitrogens with one attached hydrogen (secondary N) is 1. The first kappa shape index (κ1) is 26.0. The van der Waals surface area contributed by atoms with E-state index in [1.54, 1.807) is 18.2 Å². The molecule has 0 spiro atoms. The Morgan fingerprint density at radius 1 is 0.974 bits per heavy atom. The lowest BCUT2D eigenvalue weighted by Gasteiger charge is -2.25. The van der Waals surface area contributed by atoms with Crippen molar-refractivity contribution < 1.29 is 24.2 Å². The van der Waals surface area contributed by atoms with Crippen molar-refractivity contribution in [2.45, 2.75) is 39.2 Å². The molecule has 1 atom stereocenters. The van der Waals surface area contributed by atoms with Crippen LogP contribution in [0.5, 0.6) is 11.5 Å². The minimum Gasteiger partial charge on any atom is -0.506 e. The van der Waals surface area contributed by atoms with E-state index in [2.05, 4.69) is 30.7 Å². The van der Waals surface area contributed by atoms with E-state index >= 15 is 0 Å². The molecule has 0 aliphatic carbocycles. The molecule has 1 amide bonds. The average Bonchev–Trinajstić information content (AvgIpc) is 3.44. The molecule has 1 fully saturated rings. The van der Waals surface area contributed by atoms with Crippen molar-refractivity contribution >= 4 is 34.4 Å². The number of nitrogens with zero attached hydrogens (tertiary/aromatic N) is 2. The first-order chi connectivity index (χ1) is 18.5. The summed E-state index contributed by atoms with van der Waals surface area (Å²) in [7, 11) is 2.92. The number of carbonyl (C=O) groups excluding carboxylic acids is 2. The summed E-state index contributed by atoms with van der Waals surface area (Å²) in [5.41, 5.74) is 4.17. The van der Waals surface area contributed by atoms with Crippen LogP contribution in [0.3, 0.4) is 0 Å². The summed E-state index contributed by atoms with van der Waals surface area (Å²) in [6.07, 6.45) is 0. The monoisotopic (exact) mass is 525 g/mol.